The lowest BCUT2D eigenvalue weighted by Gasteiger charge is -2.13. The highest BCUT2D eigenvalue weighted by atomic mass is 32.1. The van der Waals surface area contributed by atoms with Crippen molar-refractivity contribution in [3.05, 3.63) is 76.7 Å². The van der Waals surface area contributed by atoms with E-state index in [0.717, 1.165) is 11.1 Å². The summed E-state index contributed by atoms with van der Waals surface area (Å²) in [5.41, 5.74) is 3.03. The number of benzene rings is 1. The van der Waals surface area contributed by atoms with Crippen LogP contribution in [0.4, 0.5) is 11.6 Å². The van der Waals surface area contributed by atoms with Crippen molar-refractivity contribution in [2.45, 2.75) is 6.92 Å². The number of pyridine rings is 1. The molecule has 0 aliphatic rings. The van der Waals surface area contributed by atoms with Crippen LogP contribution < -0.4 is 15.4 Å². The van der Waals surface area contributed by atoms with Crippen molar-refractivity contribution in [1.82, 2.24) is 15.0 Å². The third-order valence-corrected chi connectivity index (χ3v) is 5.18. The number of ether oxygens (including phenoxy) is 1. The van der Waals surface area contributed by atoms with Gasteiger partial charge >= 0.3 is 0 Å². The van der Waals surface area contributed by atoms with E-state index in [-0.39, 0.29) is 5.91 Å². The lowest BCUT2D eigenvalue weighted by Crippen LogP contribution is -2.10. The van der Waals surface area contributed by atoms with Gasteiger partial charge in [0.05, 0.1) is 16.1 Å². The summed E-state index contributed by atoms with van der Waals surface area (Å²) in [5, 5.41) is 7.71. The van der Waals surface area contributed by atoms with Gasteiger partial charge in [0.15, 0.2) is 0 Å². The van der Waals surface area contributed by atoms with Crippen LogP contribution in [0.25, 0.3) is 11.3 Å². The normalized spacial score (nSPS) is 10.5. The first-order chi connectivity index (χ1) is 14.6. The third kappa shape index (κ3) is 4.28. The highest BCUT2D eigenvalue weighted by molar-refractivity contribution is 7.12. The monoisotopic (exact) mass is 417 g/mol. The van der Waals surface area contributed by atoms with Gasteiger partial charge in [-0.05, 0) is 60.3 Å². The van der Waals surface area contributed by atoms with Gasteiger partial charge in [0.2, 0.25) is 11.8 Å². The van der Waals surface area contributed by atoms with Crippen molar-refractivity contribution in [3.63, 3.8) is 0 Å². The van der Waals surface area contributed by atoms with E-state index in [0.29, 0.717) is 33.8 Å². The van der Waals surface area contributed by atoms with Crippen molar-refractivity contribution in [2.24, 2.45) is 0 Å². The molecule has 0 bridgehead atoms. The Morgan fingerprint density at radius 1 is 1.07 bits per heavy atom. The van der Waals surface area contributed by atoms with E-state index in [2.05, 4.69) is 25.6 Å². The molecule has 150 valence electrons. The molecule has 1 aromatic carbocycles. The molecular weight excluding hydrogens is 398 g/mol. The molecular formula is C22H19N5O2S. The first-order valence-corrected chi connectivity index (χ1v) is 10.1. The number of rotatable bonds is 6. The number of hydrogen-bond donors (Lipinski definition) is 2. The molecule has 3 heterocycles. The zero-order chi connectivity index (χ0) is 20.9. The van der Waals surface area contributed by atoms with Crippen molar-refractivity contribution in [3.8, 4) is 22.9 Å². The maximum atomic E-state index is 12.3. The van der Waals surface area contributed by atoms with Gasteiger partial charge < -0.3 is 15.4 Å². The largest absolute Gasteiger partial charge is 0.438 e. The Kier molecular flexibility index (Phi) is 5.67. The molecule has 0 spiro atoms. The molecule has 7 nitrogen and oxygen atoms in total. The number of aryl methyl sites for hydroxylation is 1. The molecule has 0 saturated heterocycles. The van der Waals surface area contributed by atoms with Gasteiger partial charge in [0, 0.05) is 25.1 Å². The summed E-state index contributed by atoms with van der Waals surface area (Å²) in [6, 6.07) is 14.7. The zero-order valence-electron chi connectivity index (χ0n) is 16.4. The van der Waals surface area contributed by atoms with Crippen LogP contribution in [0.1, 0.15) is 15.2 Å². The summed E-state index contributed by atoms with van der Waals surface area (Å²) in [7, 11) is 1.77. The van der Waals surface area contributed by atoms with Crippen LogP contribution in [-0.4, -0.2) is 27.9 Å². The van der Waals surface area contributed by atoms with E-state index in [1.54, 1.807) is 37.6 Å². The Labute approximate surface area is 177 Å². The Morgan fingerprint density at radius 3 is 2.73 bits per heavy atom. The predicted octanol–water partition coefficient (Wildman–Crippen LogP) is 4.99. The van der Waals surface area contributed by atoms with Crippen LogP contribution in [0, 0.1) is 6.92 Å². The summed E-state index contributed by atoms with van der Waals surface area (Å²) >= 11 is 1.40. The summed E-state index contributed by atoms with van der Waals surface area (Å²) in [4.78, 5) is 25.9. The Balaban J connectivity index is 1.57. The number of thiophene rings is 1. The molecule has 3 aromatic heterocycles. The molecule has 0 aliphatic carbocycles. The van der Waals surface area contributed by atoms with Crippen molar-refractivity contribution >= 4 is 28.9 Å². The number of hydrogen-bond acceptors (Lipinski definition) is 7. The second kappa shape index (κ2) is 8.71. The maximum absolute atomic E-state index is 12.3. The fourth-order valence-corrected chi connectivity index (χ4v) is 3.46. The molecule has 0 saturated carbocycles. The van der Waals surface area contributed by atoms with Gasteiger partial charge in [-0.15, -0.1) is 11.3 Å². The highest BCUT2D eigenvalue weighted by Crippen LogP contribution is 2.33. The quantitative estimate of drug-likeness (QED) is 0.459. The summed E-state index contributed by atoms with van der Waals surface area (Å²) in [6.45, 7) is 1.92. The fraction of sp³-hybridized carbons (Fsp3) is 0.0909. The number of aromatic nitrogens is 3. The van der Waals surface area contributed by atoms with Crippen molar-refractivity contribution in [1.29, 1.82) is 0 Å². The van der Waals surface area contributed by atoms with Gasteiger partial charge in [-0.3, -0.25) is 4.79 Å². The predicted molar refractivity (Wildman–Crippen MR) is 118 cm³/mol. The smallest absolute Gasteiger partial charge is 0.265 e. The molecule has 1 amide bonds. The van der Waals surface area contributed by atoms with Gasteiger partial charge in [0.25, 0.3) is 5.91 Å². The van der Waals surface area contributed by atoms with Crippen LogP contribution in [0.5, 0.6) is 11.6 Å². The first kappa shape index (κ1) is 19.5. The molecule has 0 aliphatic heterocycles. The molecule has 8 heteroatoms. The number of nitrogens with zero attached hydrogens (tertiary/aromatic N) is 3. The van der Waals surface area contributed by atoms with E-state index in [9.17, 15) is 4.79 Å². The Bertz CT molecular complexity index is 1180. The first-order valence-electron chi connectivity index (χ1n) is 9.23. The minimum atomic E-state index is -0.130. The summed E-state index contributed by atoms with van der Waals surface area (Å²) < 4.78 is 6.10. The van der Waals surface area contributed by atoms with E-state index >= 15 is 0 Å². The average Bonchev–Trinajstić information content (AvgIpc) is 3.31. The van der Waals surface area contributed by atoms with Gasteiger partial charge in [-0.1, -0.05) is 6.07 Å². The van der Waals surface area contributed by atoms with Crippen LogP contribution in [0.3, 0.4) is 0 Å². The third-order valence-electron chi connectivity index (χ3n) is 4.31. The van der Waals surface area contributed by atoms with Gasteiger partial charge in [0.1, 0.15) is 5.75 Å². The SMILES string of the molecule is CNc1nccc(-c2cccnc2Oc2ccc(NC(=O)c3cccs3)cc2C)n1. The van der Waals surface area contributed by atoms with Gasteiger partial charge in [-0.25, -0.2) is 15.0 Å². The number of anilines is 2. The molecule has 0 unspecified atom stereocenters. The Hall–Kier alpha value is -3.78. The number of amides is 1. The lowest BCUT2D eigenvalue weighted by atomic mass is 10.1. The number of carbonyl (C=O) groups excluding carboxylic acids is 1. The van der Waals surface area contributed by atoms with Crippen LogP contribution in [0.2, 0.25) is 0 Å². The fourth-order valence-electron chi connectivity index (χ4n) is 2.84. The Morgan fingerprint density at radius 2 is 1.97 bits per heavy atom. The molecule has 4 rings (SSSR count). The topological polar surface area (TPSA) is 89.0 Å². The van der Waals surface area contributed by atoms with Crippen molar-refractivity contribution < 1.29 is 9.53 Å². The van der Waals surface area contributed by atoms with E-state index in [4.69, 9.17) is 4.74 Å². The molecule has 4 aromatic rings. The van der Waals surface area contributed by atoms with Crippen LogP contribution >= 0.6 is 11.3 Å². The lowest BCUT2D eigenvalue weighted by molar-refractivity contribution is 0.103. The van der Waals surface area contributed by atoms with Crippen molar-refractivity contribution in [2.75, 3.05) is 17.7 Å². The summed E-state index contributed by atoms with van der Waals surface area (Å²) in [5.74, 6) is 1.47. The second-order valence-corrected chi connectivity index (χ2v) is 7.33. The maximum Gasteiger partial charge on any atom is 0.265 e. The second-order valence-electron chi connectivity index (χ2n) is 6.39. The summed E-state index contributed by atoms with van der Waals surface area (Å²) in [6.07, 6.45) is 3.35. The minimum absolute atomic E-state index is 0.130. The van der Waals surface area contributed by atoms with E-state index < -0.39 is 0 Å². The molecule has 0 fully saturated rings. The average molecular weight is 417 g/mol. The number of carbonyl (C=O) groups is 1. The van der Waals surface area contributed by atoms with Crippen LogP contribution in [-0.2, 0) is 0 Å². The highest BCUT2D eigenvalue weighted by Gasteiger charge is 2.13. The van der Waals surface area contributed by atoms with E-state index in [1.807, 2.05) is 42.6 Å². The molecule has 0 radical (unpaired) electrons. The molecule has 0 atom stereocenters. The number of nitrogens with one attached hydrogen (secondary N) is 2. The standard InChI is InChI=1S/C22H19N5O2S/c1-14-13-15(26-20(28)19-6-4-12-30-19)7-8-18(14)29-21-16(5-3-10-24-21)17-9-11-25-22(23-2)27-17/h3-13H,1-2H3,(H,26,28)(H,23,25,27). The van der Waals surface area contributed by atoms with Crippen LogP contribution in [0.15, 0.2) is 66.3 Å². The zero-order valence-corrected chi connectivity index (χ0v) is 17.2. The van der Waals surface area contributed by atoms with E-state index in [1.165, 1.54) is 11.3 Å². The minimum Gasteiger partial charge on any atom is -0.438 e. The molecule has 30 heavy (non-hydrogen) atoms. The molecule has 2 N–H and O–H groups in total. The van der Waals surface area contributed by atoms with Gasteiger partial charge in [-0.2, -0.15) is 0 Å².